The molecule has 0 aliphatic rings. The number of aromatic amines is 1. The van der Waals surface area contributed by atoms with E-state index in [2.05, 4.69) is 34.2 Å². The normalized spacial score (nSPS) is 10.3. The molecule has 0 spiro atoms. The third-order valence-electron chi connectivity index (χ3n) is 2.13. The van der Waals surface area contributed by atoms with Crippen molar-refractivity contribution in [2.45, 2.75) is 0 Å². The molecule has 1 heterocycles. The Morgan fingerprint density at radius 1 is 1.50 bits per heavy atom. The lowest BCUT2D eigenvalue weighted by Crippen LogP contribution is -2.04. The minimum absolute atomic E-state index is 0.228. The second kappa shape index (κ2) is 4.69. The van der Waals surface area contributed by atoms with Gasteiger partial charge >= 0.3 is 5.97 Å². The first kappa shape index (κ1) is 11.2. The van der Waals surface area contributed by atoms with E-state index in [4.69, 9.17) is 4.74 Å². The zero-order valence-corrected chi connectivity index (χ0v) is 10.7. The summed E-state index contributed by atoms with van der Waals surface area (Å²) in [6, 6.07) is 7.74. The van der Waals surface area contributed by atoms with Crippen LogP contribution in [0.2, 0.25) is 0 Å². The van der Waals surface area contributed by atoms with Crippen LogP contribution in [-0.2, 0) is 4.74 Å². The molecule has 16 heavy (non-hydrogen) atoms. The number of benzene rings is 1. The lowest BCUT2D eigenvalue weighted by Gasteiger charge is -1.97. The molecule has 1 aromatic heterocycles. The SMILES string of the molecule is C=CCOC(=O)c1cc2cc(I)ccc2[nH]1. The summed E-state index contributed by atoms with van der Waals surface area (Å²) in [5.41, 5.74) is 1.41. The fourth-order valence-electron chi connectivity index (χ4n) is 1.43. The second-order valence-electron chi connectivity index (χ2n) is 3.30. The van der Waals surface area contributed by atoms with Crippen molar-refractivity contribution in [2.75, 3.05) is 6.61 Å². The van der Waals surface area contributed by atoms with Gasteiger partial charge in [-0.1, -0.05) is 12.7 Å². The van der Waals surface area contributed by atoms with Gasteiger partial charge in [-0.25, -0.2) is 4.79 Å². The van der Waals surface area contributed by atoms with Crippen LogP contribution in [0.4, 0.5) is 0 Å². The van der Waals surface area contributed by atoms with Crippen LogP contribution in [0.1, 0.15) is 10.5 Å². The van der Waals surface area contributed by atoms with Gasteiger partial charge in [0, 0.05) is 14.5 Å². The van der Waals surface area contributed by atoms with Crippen molar-refractivity contribution in [3.8, 4) is 0 Å². The highest BCUT2D eigenvalue weighted by molar-refractivity contribution is 14.1. The van der Waals surface area contributed by atoms with Crippen molar-refractivity contribution in [1.82, 2.24) is 4.98 Å². The van der Waals surface area contributed by atoms with E-state index in [0.29, 0.717) is 5.69 Å². The number of hydrogen-bond donors (Lipinski definition) is 1. The second-order valence-corrected chi connectivity index (χ2v) is 4.55. The minimum Gasteiger partial charge on any atom is -0.457 e. The van der Waals surface area contributed by atoms with Crippen LogP contribution in [0.15, 0.2) is 36.9 Å². The molecule has 0 radical (unpaired) electrons. The smallest absolute Gasteiger partial charge is 0.355 e. The Morgan fingerprint density at radius 2 is 2.31 bits per heavy atom. The maximum atomic E-state index is 11.6. The molecule has 4 heteroatoms. The molecule has 0 saturated heterocycles. The Morgan fingerprint density at radius 3 is 3.06 bits per heavy atom. The van der Waals surface area contributed by atoms with E-state index >= 15 is 0 Å². The van der Waals surface area contributed by atoms with Gasteiger partial charge in [-0.15, -0.1) is 0 Å². The van der Waals surface area contributed by atoms with Crippen LogP contribution >= 0.6 is 22.6 Å². The van der Waals surface area contributed by atoms with Gasteiger partial charge in [0.25, 0.3) is 0 Å². The highest BCUT2D eigenvalue weighted by atomic mass is 127. The topological polar surface area (TPSA) is 42.1 Å². The molecule has 0 amide bonds. The van der Waals surface area contributed by atoms with Crippen molar-refractivity contribution < 1.29 is 9.53 Å². The van der Waals surface area contributed by atoms with E-state index in [9.17, 15) is 4.79 Å². The van der Waals surface area contributed by atoms with Gasteiger partial charge in [0.15, 0.2) is 0 Å². The molecule has 0 unspecified atom stereocenters. The Hall–Kier alpha value is -1.30. The van der Waals surface area contributed by atoms with E-state index in [-0.39, 0.29) is 12.6 Å². The number of nitrogens with one attached hydrogen (secondary N) is 1. The third kappa shape index (κ3) is 2.27. The summed E-state index contributed by atoms with van der Waals surface area (Å²) in [6.07, 6.45) is 1.55. The van der Waals surface area contributed by atoms with E-state index < -0.39 is 0 Å². The zero-order valence-electron chi connectivity index (χ0n) is 8.50. The van der Waals surface area contributed by atoms with Crippen molar-refractivity contribution in [3.05, 3.63) is 46.2 Å². The number of esters is 1. The zero-order chi connectivity index (χ0) is 11.5. The first-order valence-electron chi connectivity index (χ1n) is 4.77. The predicted octanol–water partition coefficient (Wildman–Crippen LogP) is 3.12. The molecule has 0 saturated carbocycles. The van der Waals surface area contributed by atoms with Crippen LogP contribution < -0.4 is 0 Å². The van der Waals surface area contributed by atoms with E-state index in [0.717, 1.165) is 14.5 Å². The molecule has 2 aromatic rings. The Bertz CT molecular complexity index is 545. The molecular weight excluding hydrogens is 317 g/mol. The lowest BCUT2D eigenvalue weighted by atomic mass is 10.2. The first-order chi connectivity index (χ1) is 7.70. The first-order valence-corrected chi connectivity index (χ1v) is 5.85. The number of carbonyl (C=O) groups excluding carboxylic acids is 1. The molecular formula is C12H10INO2. The van der Waals surface area contributed by atoms with E-state index in [1.807, 2.05) is 18.2 Å². The van der Waals surface area contributed by atoms with Crippen LogP contribution in [0.25, 0.3) is 10.9 Å². The van der Waals surface area contributed by atoms with Crippen LogP contribution in [0.5, 0.6) is 0 Å². The third-order valence-corrected chi connectivity index (χ3v) is 2.81. The van der Waals surface area contributed by atoms with Crippen molar-refractivity contribution >= 4 is 39.5 Å². The summed E-state index contributed by atoms with van der Waals surface area (Å²) >= 11 is 2.23. The summed E-state index contributed by atoms with van der Waals surface area (Å²) in [5.74, 6) is -0.355. The van der Waals surface area contributed by atoms with E-state index in [1.165, 1.54) is 0 Å². The number of halogens is 1. The number of carbonyl (C=O) groups is 1. The number of fused-ring (bicyclic) bond motifs is 1. The van der Waals surface area contributed by atoms with Crippen LogP contribution in [0, 0.1) is 3.57 Å². The largest absolute Gasteiger partial charge is 0.457 e. The number of H-pyrrole nitrogens is 1. The molecule has 0 bridgehead atoms. The quantitative estimate of drug-likeness (QED) is 0.535. The van der Waals surface area contributed by atoms with Gasteiger partial charge in [0.2, 0.25) is 0 Å². The van der Waals surface area contributed by atoms with Gasteiger partial charge in [-0.3, -0.25) is 0 Å². The summed E-state index contributed by atoms with van der Waals surface area (Å²) < 4.78 is 6.08. The lowest BCUT2D eigenvalue weighted by molar-refractivity contribution is 0.0544. The highest BCUT2D eigenvalue weighted by Crippen LogP contribution is 2.18. The Balaban J connectivity index is 2.32. The van der Waals surface area contributed by atoms with Gasteiger partial charge in [0.05, 0.1) is 0 Å². The molecule has 1 aromatic carbocycles. The molecule has 0 aliphatic heterocycles. The molecule has 3 nitrogen and oxygen atoms in total. The maximum absolute atomic E-state index is 11.6. The van der Waals surface area contributed by atoms with E-state index in [1.54, 1.807) is 12.1 Å². The van der Waals surface area contributed by atoms with Crippen LogP contribution in [-0.4, -0.2) is 17.6 Å². The fraction of sp³-hybridized carbons (Fsp3) is 0.0833. The minimum atomic E-state index is -0.355. The molecule has 0 aliphatic carbocycles. The van der Waals surface area contributed by atoms with Gasteiger partial charge in [0.1, 0.15) is 12.3 Å². The van der Waals surface area contributed by atoms with Crippen molar-refractivity contribution in [2.24, 2.45) is 0 Å². The molecule has 0 fully saturated rings. The van der Waals surface area contributed by atoms with Gasteiger partial charge in [-0.2, -0.15) is 0 Å². The number of hydrogen-bond acceptors (Lipinski definition) is 2. The van der Waals surface area contributed by atoms with Gasteiger partial charge < -0.3 is 9.72 Å². The summed E-state index contributed by atoms with van der Waals surface area (Å²) in [4.78, 5) is 14.6. The monoisotopic (exact) mass is 327 g/mol. The standard InChI is InChI=1S/C12H10INO2/c1-2-5-16-12(15)11-7-8-6-9(13)3-4-10(8)14-11/h2-4,6-7,14H,1,5H2. The summed E-state index contributed by atoms with van der Waals surface area (Å²) in [7, 11) is 0. The highest BCUT2D eigenvalue weighted by Gasteiger charge is 2.10. The molecule has 1 N–H and O–H groups in total. The number of ether oxygens (including phenoxy) is 1. The molecule has 2 rings (SSSR count). The average Bonchev–Trinajstić information content (AvgIpc) is 2.68. The molecule has 0 atom stereocenters. The number of aromatic nitrogens is 1. The van der Waals surface area contributed by atoms with Crippen molar-refractivity contribution in [1.29, 1.82) is 0 Å². The van der Waals surface area contributed by atoms with Gasteiger partial charge in [-0.05, 0) is 46.9 Å². The summed E-state index contributed by atoms with van der Waals surface area (Å²) in [6.45, 7) is 3.72. The van der Waals surface area contributed by atoms with Crippen molar-refractivity contribution in [3.63, 3.8) is 0 Å². The Kier molecular flexibility index (Phi) is 3.28. The maximum Gasteiger partial charge on any atom is 0.355 e. The van der Waals surface area contributed by atoms with Crippen LogP contribution in [0.3, 0.4) is 0 Å². The Labute approximate surface area is 107 Å². The fourth-order valence-corrected chi connectivity index (χ4v) is 1.94. The predicted molar refractivity (Wildman–Crippen MR) is 71.5 cm³/mol. The molecule has 82 valence electrons. The average molecular weight is 327 g/mol. The number of rotatable bonds is 3. The summed E-state index contributed by atoms with van der Waals surface area (Å²) in [5, 5.41) is 1.01.